The number of benzene rings is 2. The molecule has 1 N–H and O–H groups in total. The quantitative estimate of drug-likeness (QED) is 0.537. The highest BCUT2D eigenvalue weighted by molar-refractivity contribution is 6.05. The Balaban J connectivity index is 1.85. The molecule has 132 valence electrons. The van der Waals surface area contributed by atoms with Gasteiger partial charge in [-0.3, -0.25) is 4.79 Å². The fraction of sp³-hybridized carbons (Fsp3) is 0.0556. The Bertz CT molecular complexity index is 920. The summed E-state index contributed by atoms with van der Waals surface area (Å²) in [5.74, 6) is -1.13. The lowest BCUT2D eigenvalue weighted by Gasteiger charge is -2.11. The van der Waals surface area contributed by atoms with Crippen LogP contribution in [0.2, 0.25) is 0 Å². The Labute approximate surface area is 146 Å². The molecule has 0 fully saturated rings. The molecular formula is C18H12F3N3O2. The van der Waals surface area contributed by atoms with Gasteiger partial charge >= 0.3 is 6.18 Å². The van der Waals surface area contributed by atoms with Gasteiger partial charge in [-0.1, -0.05) is 48.5 Å². The van der Waals surface area contributed by atoms with E-state index in [9.17, 15) is 18.0 Å². The lowest BCUT2D eigenvalue weighted by Crippen LogP contribution is -2.21. The SMILES string of the molecule is O=C(/C=C(\Nc1noc(-c2ccccc2)n1)C(F)(F)F)c1ccccc1. The predicted molar refractivity (Wildman–Crippen MR) is 88.3 cm³/mol. The molecule has 0 aliphatic heterocycles. The van der Waals surface area contributed by atoms with Gasteiger partial charge in [-0.25, -0.2) is 0 Å². The average Bonchev–Trinajstić information content (AvgIpc) is 3.10. The molecule has 0 aliphatic rings. The minimum absolute atomic E-state index is 0.0593. The minimum Gasteiger partial charge on any atom is -0.332 e. The topological polar surface area (TPSA) is 68.0 Å². The monoisotopic (exact) mass is 359 g/mol. The molecule has 0 saturated carbocycles. The fourth-order valence-electron chi connectivity index (χ4n) is 2.10. The number of carbonyl (C=O) groups excluding carboxylic acids is 1. The molecule has 8 heteroatoms. The van der Waals surface area contributed by atoms with Gasteiger partial charge in [0.25, 0.3) is 11.8 Å². The highest BCUT2D eigenvalue weighted by Crippen LogP contribution is 2.27. The van der Waals surface area contributed by atoms with E-state index in [4.69, 9.17) is 4.52 Å². The van der Waals surface area contributed by atoms with Crippen molar-refractivity contribution in [3.63, 3.8) is 0 Å². The molecule has 2 aromatic carbocycles. The summed E-state index contributed by atoms with van der Waals surface area (Å²) >= 11 is 0. The van der Waals surface area contributed by atoms with E-state index in [0.29, 0.717) is 11.6 Å². The van der Waals surface area contributed by atoms with Gasteiger partial charge in [0.05, 0.1) is 0 Å². The van der Waals surface area contributed by atoms with Crippen LogP contribution in [0.5, 0.6) is 0 Å². The zero-order chi connectivity index (χ0) is 18.6. The number of ketones is 1. The average molecular weight is 359 g/mol. The van der Waals surface area contributed by atoms with Gasteiger partial charge in [0.1, 0.15) is 5.70 Å². The molecule has 0 spiro atoms. The summed E-state index contributed by atoms with van der Waals surface area (Å²) < 4.78 is 44.7. The number of aromatic nitrogens is 2. The Morgan fingerprint density at radius 1 is 1.00 bits per heavy atom. The van der Waals surface area contributed by atoms with E-state index in [-0.39, 0.29) is 11.5 Å². The van der Waals surface area contributed by atoms with Gasteiger partial charge in [-0.2, -0.15) is 18.2 Å². The van der Waals surface area contributed by atoms with Crippen molar-refractivity contribution in [2.24, 2.45) is 0 Å². The van der Waals surface area contributed by atoms with Crippen LogP contribution in [0.4, 0.5) is 19.1 Å². The number of hydrogen-bond acceptors (Lipinski definition) is 5. The van der Waals surface area contributed by atoms with Crippen molar-refractivity contribution in [3.8, 4) is 11.5 Å². The van der Waals surface area contributed by atoms with Crippen molar-refractivity contribution in [3.05, 3.63) is 78.0 Å². The van der Waals surface area contributed by atoms with Crippen LogP contribution < -0.4 is 5.32 Å². The highest BCUT2D eigenvalue weighted by Gasteiger charge is 2.35. The molecule has 0 bridgehead atoms. The van der Waals surface area contributed by atoms with Crippen molar-refractivity contribution in [2.75, 3.05) is 5.32 Å². The van der Waals surface area contributed by atoms with Crippen molar-refractivity contribution in [2.45, 2.75) is 6.18 Å². The van der Waals surface area contributed by atoms with Crippen LogP contribution >= 0.6 is 0 Å². The van der Waals surface area contributed by atoms with Crippen molar-refractivity contribution >= 4 is 11.7 Å². The maximum Gasteiger partial charge on any atom is 0.431 e. The second kappa shape index (κ2) is 7.22. The van der Waals surface area contributed by atoms with Gasteiger partial charge in [0.2, 0.25) is 0 Å². The van der Waals surface area contributed by atoms with E-state index in [2.05, 4.69) is 10.1 Å². The number of hydrogen-bond donors (Lipinski definition) is 1. The molecule has 0 saturated heterocycles. The van der Waals surface area contributed by atoms with Crippen LogP contribution in [0.15, 0.2) is 77.0 Å². The van der Waals surface area contributed by atoms with Crippen molar-refractivity contribution < 1.29 is 22.5 Å². The molecule has 0 atom stereocenters. The Morgan fingerprint density at radius 2 is 1.62 bits per heavy atom. The van der Waals surface area contributed by atoms with Gasteiger partial charge in [0.15, 0.2) is 5.78 Å². The van der Waals surface area contributed by atoms with Gasteiger partial charge in [-0.05, 0) is 17.3 Å². The normalized spacial score (nSPS) is 12.0. The lowest BCUT2D eigenvalue weighted by molar-refractivity contribution is -0.0904. The number of nitrogens with zero attached hydrogens (tertiary/aromatic N) is 2. The molecule has 3 rings (SSSR count). The summed E-state index contributed by atoms with van der Waals surface area (Å²) in [7, 11) is 0. The Hall–Kier alpha value is -3.42. The molecule has 26 heavy (non-hydrogen) atoms. The Kier molecular flexibility index (Phi) is 4.83. The summed E-state index contributed by atoms with van der Waals surface area (Å²) in [6.07, 6.45) is -4.33. The number of nitrogens with one attached hydrogen (secondary N) is 1. The molecule has 0 amide bonds. The third kappa shape index (κ3) is 4.15. The molecule has 0 unspecified atom stereocenters. The van der Waals surface area contributed by atoms with Crippen molar-refractivity contribution in [1.82, 2.24) is 10.1 Å². The number of alkyl halides is 3. The first kappa shape index (κ1) is 17.4. The maximum atomic E-state index is 13.2. The maximum absolute atomic E-state index is 13.2. The summed E-state index contributed by atoms with van der Waals surface area (Å²) in [6.45, 7) is 0. The molecule has 1 aromatic heterocycles. The third-order valence-corrected chi connectivity index (χ3v) is 3.33. The summed E-state index contributed by atoms with van der Waals surface area (Å²) in [5, 5.41) is 5.49. The molecule has 5 nitrogen and oxygen atoms in total. The van der Waals surface area contributed by atoms with E-state index in [1.807, 2.05) is 5.32 Å². The number of halogens is 3. The smallest absolute Gasteiger partial charge is 0.332 e. The van der Waals surface area contributed by atoms with E-state index in [1.165, 1.54) is 12.1 Å². The van der Waals surface area contributed by atoms with Crippen LogP contribution in [0.1, 0.15) is 10.4 Å². The zero-order valence-corrected chi connectivity index (χ0v) is 13.2. The van der Waals surface area contributed by atoms with Gasteiger partial charge in [0, 0.05) is 17.2 Å². The Morgan fingerprint density at radius 3 is 2.23 bits per heavy atom. The van der Waals surface area contributed by atoms with Gasteiger partial charge < -0.3 is 9.84 Å². The molecule has 0 aliphatic carbocycles. The highest BCUT2D eigenvalue weighted by atomic mass is 19.4. The standard InChI is InChI=1S/C18H12F3N3O2/c19-18(20,21)15(11-14(25)12-7-3-1-4-8-12)22-17-23-16(26-24-17)13-9-5-2-6-10-13/h1-11H,(H,22,24)/b15-11-. The molecule has 1 heterocycles. The molecule has 0 radical (unpaired) electrons. The van der Waals surface area contributed by atoms with E-state index < -0.39 is 23.6 Å². The third-order valence-electron chi connectivity index (χ3n) is 3.33. The van der Waals surface area contributed by atoms with Crippen molar-refractivity contribution in [1.29, 1.82) is 0 Å². The van der Waals surface area contributed by atoms with Crippen LogP contribution in [-0.2, 0) is 0 Å². The predicted octanol–water partition coefficient (Wildman–Crippen LogP) is 4.48. The molecule has 3 aromatic rings. The summed E-state index contributed by atoms with van der Waals surface area (Å²) in [4.78, 5) is 15.9. The minimum atomic E-state index is -4.79. The van der Waals surface area contributed by atoms with Crippen LogP contribution in [0, 0.1) is 0 Å². The number of rotatable bonds is 5. The zero-order valence-electron chi connectivity index (χ0n) is 13.2. The van der Waals surface area contributed by atoms with E-state index >= 15 is 0 Å². The largest absolute Gasteiger partial charge is 0.431 e. The van der Waals surface area contributed by atoms with E-state index in [0.717, 1.165) is 0 Å². The second-order valence-electron chi connectivity index (χ2n) is 5.20. The summed E-state index contributed by atoms with van der Waals surface area (Å²) in [6, 6.07) is 16.2. The number of carbonyl (C=O) groups is 1. The number of anilines is 1. The van der Waals surface area contributed by atoms with Crippen LogP contribution in [0.3, 0.4) is 0 Å². The first-order chi connectivity index (χ1) is 12.4. The summed E-state index contributed by atoms with van der Waals surface area (Å²) in [5.41, 5.74) is -0.591. The second-order valence-corrected chi connectivity index (χ2v) is 5.20. The first-order valence-corrected chi connectivity index (χ1v) is 7.48. The molecular weight excluding hydrogens is 347 g/mol. The van der Waals surface area contributed by atoms with Gasteiger partial charge in [-0.15, -0.1) is 0 Å². The fourth-order valence-corrected chi connectivity index (χ4v) is 2.10. The lowest BCUT2D eigenvalue weighted by atomic mass is 10.1. The van der Waals surface area contributed by atoms with Crippen LogP contribution in [0.25, 0.3) is 11.5 Å². The van der Waals surface area contributed by atoms with E-state index in [1.54, 1.807) is 48.5 Å². The van der Waals surface area contributed by atoms with Crippen LogP contribution in [-0.4, -0.2) is 22.1 Å². The number of allylic oxidation sites excluding steroid dienone is 2. The first-order valence-electron chi connectivity index (χ1n) is 7.48.